The van der Waals surface area contributed by atoms with Gasteiger partial charge in [0.25, 0.3) is 0 Å². The summed E-state index contributed by atoms with van der Waals surface area (Å²) in [4.78, 5) is 0. The van der Waals surface area contributed by atoms with Gasteiger partial charge in [0.15, 0.2) is 0 Å². The van der Waals surface area contributed by atoms with E-state index in [1.165, 1.54) is 29.5 Å². The van der Waals surface area contributed by atoms with Crippen molar-refractivity contribution in [1.82, 2.24) is 0 Å². The van der Waals surface area contributed by atoms with Crippen LogP contribution in [-0.2, 0) is 0 Å². The second kappa shape index (κ2) is 3.15. The Bertz CT molecular complexity index is 293. The number of hydrogen-bond acceptors (Lipinski definition) is 1. The lowest BCUT2D eigenvalue weighted by molar-refractivity contribution is 0.632. The highest BCUT2D eigenvalue weighted by atomic mass is 14.7. The fourth-order valence-corrected chi connectivity index (χ4v) is 1.93. The summed E-state index contributed by atoms with van der Waals surface area (Å²) in [7, 11) is 0. The monoisotopic (exact) mass is 175 g/mol. The standard InChI is InChI=1S/C12H17N/c1-8-5-9(2)7-11(6-8)12(13)10-3-4-10/h5-7,10,12H,3-4,13H2,1-2H3/t12-/m0/s1. The number of hydrogen-bond donors (Lipinski definition) is 1. The first kappa shape index (κ1) is 8.76. The first-order valence-corrected chi connectivity index (χ1v) is 5.00. The van der Waals surface area contributed by atoms with Gasteiger partial charge in [-0.1, -0.05) is 29.3 Å². The smallest absolute Gasteiger partial charge is 0.0323 e. The van der Waals surface area contributed by atoms with E-state index < -0.39 is 0 Å². The lowest BCUT2D eigenvalue weighted by atomic mass is 9.99. The first-order valence-electron chi connectivity index (χ1n) is 5.00. The van der Waals surface area contributed by atoms with Gasteiger partial charge in [-0.15, -0.1) is 0 Å². The molecule has 1 aliphatic carbocycles. The molecule has 1 nitrogen and oxygen atoms in total. The minimum atomic E-state index is 0.276. The Hall–Kier alpha value is -0.820. The predicted octanol–water partition coefficient (Wildman–Crippen LogP) is 2.71. The zero-order valence-electron chi connectivity index (χ0n) is 8.38. The molecule has 0 saturated heterocycles. The molecular weight excluding hydrogens is 158 g/mol. The molecule has 0 amide bonds. The summed E-state index contributed by atoms with van der Waals surface area (Å²) in [6.07, 6.45) is 2.63. The van der Waals surface area contributed by atoms with Crippen LogP contribution in [0.4, 0.5) is 0 Å². The van der Waals surface area contributed by atoms with Crippen LogP contribution in [0.1, 0.15) is 35.6 Å². The second-order valence-electron chi connectivity index (χ2n) is 4.28. The lowest BCUT2D eigenvalue weighted by Gasteiger charge is -2.12. The Morgan fingerprint density at radius 1 is 1.15 bits per heavy atom. The molecule has 0 unspecified atom stereocenters. The fraction of sp³-hybridized carbons (Fsp3) is 0.500. The average molecular weight is 175 g/mol. The summed E-state index contributed by atoms with van der Waals surface area (Å²) in [5, 5.41) is 0. The predicted molar refractivity (Wildman–Crippen MR) is 55.6 cm³/mol. The summed E-state index contributed by atoms with van der Waals surface area (Å²) in [5.41, 5.74) is 10.1. The molecule has 0 aliphatic heterocycles. The van der Waals surface area contributed by atoms with Crippen molar-refractivity contribution in [1.29, 1.82) is 0 Å². The van der Waals surface area contributed by atoms with E-state index in [-0.39, 0.29) is 6.04 Å². The van der Waals surface area contributed by atoms with Crippen LogP contribution >= 0.6 is 0 Å². The van der Waals surface area contributed by atoms with Crippen LogP contribution in [0.2, 0.25) is 0 Å². The van der Waals surface area contributed by atoms with E-state index in [1.54, 1.807) is 0 Å². The topological polar surface area (TPSA) is 26.0 Å². The van der Waals surface area contributed by atoms with Crippen molar-refractivity contribution in [2.45, 2.75) is 32.7 Å². The van der Waals surface area contributed by atoms with Gasteiger partial charge in [0.05, 0.1) is 0 Å². The fourth-order valence-electron chi connectivity index (χ4n) is 1.93. The van der Waals surface area contributed by atoms with Crippen molar-refractivity contribution in [3.63, 3.8) is 0 Å². The second-order valence-corrected chi connectivity index (χ2v) is 4.28. The zero-order valence-corrected chi connectivity index (χ0v) is 8.38. The van der Waals surface area contributed by atoms with Crippen LogP contribution in [0.5, 0.6) is 0 Å². The highest BCUT2D eigenvalue weighted by Crippen LogP contribution is 2.39. The van der Waals surface area contributed by atoms with Crippen LogP contribution in [-0.4, -0.2) is 0 Å². The van der Waals surface area contributed by atoms with Crippen LogP contribution in [0, 0.1) is 19.8 Å². The van der Waals surface area contributed by atoms with Crippen molar-refractivity contribution in [3.8, 4) is 0 Å². The van der Waals surface area contributed by atoms with Crippen molar-refractivity contribution < 1.29 is 0 Å². The molecule has 1 aromatic carbocycles. The van der Waals surface area contributed by atoms with Gasteiger partial charge >= 0.3 is 0 Å². The summed E-state index contributed by atoms with van der Waals surface area (Å²) in [6, 6.07) is 6.91. The molecule has 2 rings (SSSR count). The molecule has 1 fully saturated rings. The maximum absolute atomic E-state index is 6.14. The third kappa shape index (κ3) is 1.92. The summed E-state index contributed by atoms with van der Waals surface area (Å²) >= 11 is 0. The van der Waals surface area contributed by atoms with Crippen molar-refractivity contribution in [3.05, 3.63) is 34.9 Å². The van der Waals surface area contributed by atoms with Gasteiger partial charge in [0.1, 0.15) is 0 Å². The molecule has 0 aromatic heterocycles. The Balaban J connectivity index is 2.27. The molecule has 1 aliphatic rings. The third-order valence-electron chi connectivity index (χ3n) is 2.76. The van der Waals surface area contributed by atoms with Crippen molar-refractivity contribution in [2.24, 2.45) is 11.7 Å². The van der Waals surface area contributed by atoms with E-state index in [1.807, 2.05) is 0 Å². The number of aryl methyl sites for hydroxylation is 2. The van der Waals surface area contributed by atoms with Gasteiger partial charge in [0.2, 0.25) is 0 Å². The van der Waals surface area contributed by atoms with E-state index in [2.05, 4.69) is 32.0 Å². The molecule has 0 radical (unpaired) electrons. The quantitative estimate of drug-likeness (QED) is 0.734. The maximum Gasteiger partial charge on any atom is 0.0323 e. The Labute approximate surface area is 80.0 Å². The van der Waals surface area contributed by atoms with Gasteiger partial charge in [-0.05, 0) is 38.2 Å². The minimum Gasteiger partial charge on any atom is -0.324 e. The molecule has 0 spiro atoms. The highest BCUT2D eigenvalue weighted by Gasteiger charge is 2.29. The van der Waals surface area contributed by atoms with Crippen molar-refractivity contribution in [2.75, 3.05) is 0 Å². The van der Waals surface area contributed by atoms with Crippen LogP contribution < -0.4 is 5.73 Å². The molecular formula is C12H17N. The largest absolute Gasteiger partial charge is 0.324 e. The Kier molecular flexibility index (Phi) is 2.12. The van der Waals surface area contributed by atoms with Gasteiger partial charge in [0, 0.05) is 6.04 Å². The number of rotatable bonds is 2. The Morgan fingerprint density at radius 3 is 2.15 bits per heavy atom. The summed E-state index contributed by atoms with van der Waals surface area (Å²) in [6.45, 7) is 4.27. The summed E-state index contributed by atoms with van der Waals surface area (Å²) in [5.74, 6) is 0.751. The van der Waals surface area contributed by atoms with E-state index in [0.717, 1.165) is 5.92 Å². The number of benzene rings is 1. The van der Waals surface area contributed by atoms with E-state index in [0.29, 0.717) is 0 Å². The molecule has 70 valence electrons. The molecule has 1 atom stereocenters. The Morgan fingerprint density at radius 2 is 1.69 bits per heavy atom. The van der Waals surface area contributed by atoms with Crippen molar-refractivity contribution >= 4 is 0 Å². The molecule has 0 heterocycles. The van der Waals surface area contributed by atoms with Gasteiger partial charge in [-0.3, -0.25) is 0 Å². The summed E-state index contributed by atoms with van der Waals surface area (Å²) < 4.78 is 0. The van der Waals surface area contributed by atoms with Crippen LogP contribution in [0.3, 0.4) is 0 Å². The number of nitrogens with two attached hydrogens (primary N) is 1. The third-order valence-corrected chi connectivity index (χ3v) is 2.76. The van der Waals surface area contributed by atoms with Gasteiger partial charge in [-0.2, -0.15) is 0 Å². The minimum absolute atomic E-state index is 0.276. The molecule has 13 heavy (non-hydrogen) atoms. The molecule has 1 aromatic rings. The average Bonchev–Trinajstić information content (AvgIpc) is 2.83. The van der Waals surface area contributed by atoms with E-state index in [4.69, 9.17) is 5.73 Å². The SMILES string of the molecule is Cc1cc(C)cc([C@@H](N)C2CC2)c1. The lowest BCUT2D eigenvalue weighted by Crippen LogP contribution is -2.12. The van der Waals surface area contributed by atoms with Gasteiger partial charge < -0.3 is 5.73 Å². The van der Waals surface area contributed by atoms with Crippen LogP contribution in [0.25, 0.3) is 0 Å². The normalized spacial score (nSPS) is 18.7. The van der Waals surface area contributed by atoms with E-state index >= 15 is 0 Å². The zero-order chi connectivity index (χ0) is 9.42. The first-order chi connectivity index (χ1) is 6.16. The highest BCUT2D eigenvalue weighted by molar-refractivity contribution is 5.31. The molecule has 0 bridgehead atoms. The van der Waals surface area contributed by atoms with Gasteiger partial charge in [-0.25, -0.2) is 0 Å². The molecule has 1 heteroatoms. The molecule has 1 saturated carbocycles. The maximum atomic E-state index is 6.14. The van der Waals surface area contributed by atoms with Crippen LogP contribution in [0.15, 0.2) is 18.2 Å². The van der Waals surface area contributed by atoms with E-state index in [9.17, 15) is 0 Å². The molecule has 2 N–H and O–H groups in total.